The molecule has 0 aliphatic carbocycles. The van der Waals surface area contributed by atoms with E-state index >= 15 is 0 Å². The van der Waals surface area contributed by atoms with Gasteiger partial charge in [-0.15, -0.1) is 0 Å². The number of carboxylic acid groups (broad SMARTS) is 2. The zero-order chi connectivity index (χ0) is 21.6. The van der Waals surface area contributed by atoms with Crippen LogP contribution in [0.15, 0.2) is 24.3 Å². The summed E-state index contributed by atoms with van der Waals surface area (Å²) in [6.45, 7) is 7.78. The molecule has 1 saturated heterocycles. The minimum atomic E-state index is -1.82. The normalized spacial score (nSPS) is 15.0. The van der Waals surface area contributed by atoms with E-state index in [2.05, 4.69) is 15.5 Å². The van der Waals surface area contributed by atoms with Crippen LogP contribution in [0.1, 0.15) is 19.8 Å². The number of halogens is 1. The van der Waals surface area contributed by atoms with Crippen molar-refractivity contribution in [3.63, 3.8) is 0 Å². The van der Waals surface area contributed by atoms with Crippen LogP contribution in [0.25, 0.3) is 0 Å². The number of hydrogen-bond acceptors (Lipinski definition) is 6. The molecule has 0 saturated carbocycles. The van der Waals surface area contributed by atoms with Crippen LogP contribution in [0.3, 0.4) is 0 Å². The quantitative estimate of drug-likeness (QED) is 0.361. The number of aliphatic carboxylic acids is 2. The van der Waals surface area contributed by atoms with E-state index in [1.807, 2.05) is 6.92 Å². The van der Waals surface area contributed by atoms with Gasteiger partial charge < -0.3 is 25.6 Å². The Labute approximate surface area is 175 Å². The van der Waals surface area contributed by atoms with E-state index < -0.39 is 11.9 Å². The summed E-state index contributed by atoms with van der Waals surface area (Å²) in [6.07, 6.45) is 1.54. The van der Waals surface area contributed by atoms with Crippen molar-refractivity contribution in [2.45, 2.75) is 25.8 Å². The van der Waals surface area contributed by atoms with E-state index in [9.17, 15) is 4.79 Å². The predicted octanol–water partition coefficient (Wildman–Crippen LogP) is 1.52. The first kappa shape index (κ1) is 24.8. The molecule has 0 radical (unpaired) electrons. The summed E-state index contributed by atoms with van der Waals surface area (Å²) < 4.78 is 5.33. The number of amides is 1. The van der Waals surface area contributed by atoms with Crippen LogP contribution in [-0.4, -0.2) is 78.4 Å². The number of morpholine rings is 1. The Bertz CT molecular complexity index is 638. The fraction of sp³-hybridized carbons (Fsp3) is 0.526. The summed E-state index contributed by atoms with van der Waals surface area (Å²) >= 11 is 5.83. The zero-order valence-electron chi connectivity index (χ0n) is 16.4. The number of nitrogens with zero attached hydrogens (tertiary/aromatic N) is 1. The SMILES string of the molecule is CC(CC(=O)Nc1ccc(Cl)cc1)NCCCN1CCOCC1.O=C(O)C(=O)O. The van der Waals surface area contributed by atoms with Crippen LogP contribution in [0, 0.1) is 0 Å². The first-order valence-corrected chi connectivity index (χ1v) is 9.71. The molecule has 1 heterocycles. The molecule has 1 aliphatic heterocycles. The third-order valence-electron chi connectivity index (χ3n) is 4.05. The third kappa shape index (κ3) is 12.1. The number of benzene rings is 1. The van der Waals surface area contributed by atoms with Crippen molar-refractivity contribution in [2.24, 2.45) is 0 Å². The van der Waals surface area contributed by atoms with Gasteiger partial charge in [0.05, 0.1) is 13.2 Å². The molecule has 1 unspecified atom stereocenters. The van der Waals surface area contributed by atoms with Crippen molar-refractivity contribution in [3.05, 3.63) is 29.3 Å². The van der Waals surface area contributed by atoms with E-state index in [1.54, 1.807) is 24.3 Å². The molecule has 2 rings (SSSR count). The predicted molar refractivity (Wildman–Crippen MR) is 109 cm³/mol. The van der Waals surface area contributed by atoms with E-state index in [4.69, 9.17) is 36.1 Å². The molecule has 1 aromatic carbocycles. The number of carbonyl (C=O) groups excluding carboxylic acids is 1. The van der Waals surface area contributed by atoms with Gasteiger partial charge in [0, 0.05) is 36.3 Å². The lowest BCUT2D eigenvalue weighted by atomic mass is 10.2. The van der Waals surface area contributed by atoms with Crippen LogP contribution >= 0.6 is 11.6 Å². The van der Waals surface area contributed by atoms with E-state index in [-0.39, 0.29) is 11.9 Å². The number of nitrogens with one attached hydrogen (secondary N) is 2. The molecule has 4 N–H and O–H groups in total. The van der Waals surface area contributed by atoms with Gasteiger partial charge in [-0.1, -0.05) is 11.6 Å². The van der Waals surface area contributed by atoms with Gasteiger partial charge in [0.15, 0.2) is 0 Å². The Morgan fingerprint density at radius 3 is 2.28 bits per heavy atom. The molecule has 0 bridgehead atoms. The largest absolute Gasteiger partial charge is 0.473 e. The highest BCUT2D eigenvalue weighted by atomic mass is 35.5. The Kier molecular flexibility index (Phi) is 11.9. The first-order valence-electron chi connectivity index (χ1n) is 9.33. The molecule has 1 atom stereocenters. The van der Waals surface area contributed by atoms with Crippen molar-refractivity contribution in [2.75, 3.05) is 44.7 Å². The van der Waals surface area contributed by atoms with Crippen LogP contribution in [-0.2, 0) is 19.1 Å². The van der Waals surface area contributed by atoms with Crippen molar-refractivity contribution in [1.82, 2.24) is 10.2 Å². The zero-order valence-corrected chi connectivity index (χ0v) is 17.2. The number of carboxylic acids is 2. The molecule has 29 heavy (non-hydrogen) atoms. The molecule has 1 amide bonds. The minimum Gasteiger partial charge on any atom is -0.473 e. The minimum absolute atomic E-state index is 0.0144. The summed E-state index contributed by atoms with van der Waals surface area (Å²) in [5.41, 5.74) is 0.777. The van der Waals surface area contributed by atoms with Gasteiger partial charge in [-0.2, -0.15) is 0 Å². The molecule has 9 nitrogen and oxygen atoms in total. The first-order chi connectivity index (χ1) is 13.8. The lowest BCUT2D eigenvalue weighted by Gasteiger charge is -2.26. The van der Waals surface area contributed by atoms with Crippen LogP contribution in [0.4, 0.5) is 5.69 Å². The molecule has 1 fully saturated rings. The smallest absolute Gasteiger partial charge is 0.414 e. The van der Waals surface area contributed by atoms with Gasteiger partial charge >= 0.3 is 11.9 Å². The summed E-state index contributed by atoms with van der Waals surface area (Å²) in [6, 6.07) is 7.31. The maximum Gasteiger partial charge on any atom is 0.414 e. The highest BCUT2D eigenvalue weighted by Crippen LogP contribution is 2.13. The second-order valence-electron chi connectivity index (χ2n) is 6.53. The van der Waals surface area contributed by atoms with Gasteiger partial charge in [-0.3, -0.25) is 9.69 Å². The Morgan fingerprint density at radius 1 is 1.14 bits per heavy atom. The van der Waals surface area contributed by atoms with Gasteiger partial charge in [0.25, 0.3) is 0 Å². The lowest BCUT2D eigenvalue weighted by molar-refractivity contribution is -0.159. The van der Waals surface area contributed by atoms with Gasteiger partial charge in [0.1, 0.15) is 0 Å². The van der Waals surface area contributed by atoms with E-state index in [1.165, 1.54) is 0 Å². The summed E-state index contributed by atoms with van der Waals surface area (Å²) in [7, 11) is 0. The van der Waals surface area contributed by atoms with Gasteiger partial charge in [-0.05, 0) is 50.7 Å². The van der Waals surface area contributed by atoms with Gasteiger partial charge in [-0.25, -0.2) is 9.59 Å². The molecular weight excluding hydrogens is 402 g/mol. The maximum absolute atomic E-state index is 12.0. The summed E-state index contributed by atoms with van der Waals surface area (Å²) in [5.74, 6) is -3.63. The summed E-state index contributed by atoms with van der Waals surface area (Å²) in [5, 5.41) is 21.7. The van der Waals surface area contributed by atoms with Crippen molar-refractivity contribution in [3.8, 4) is 0 Å². The molecular formula is C19H28ClN3O6. The lowest BCUT2D eigenvalue weighted by Crippen LogP contribution is -2.38. The molecule has 1 aromatic rings. The number of carbonyl (C=O) groups is 3. The molecule has 10 heteroatoms. The monoisotopic (exact) mass is 429 g/mol. The highest BCUT2D eigenvalue weighted by Gasteiger charge is 2.11. The Hall–Kier alpha value is -2.20. The Balaban J connectivity index is 0.000000612. The number of hydrogen-bond donors (Lipinski definition) is 4. The number of ether oxygens (including phenoxy) is 1. The molecule has 162 valence electrons. The van der Waals surface area contributed by atoms with E-state index in [0.29, 0.717) is 11.4 Å². The fourth-order valence-corrected chi connectivity index (χ4v) is 2.70. The third-order valence-corrected chi connectivity index (χ3v) is 4.30. The Morgan fingerprint density at radius 2 is 1.72 bits per heavy atom. The highest BCUT2D eigenvalue weighted by molar-refractivity contribution is 6.30. The van der Waals surface area contributed by atoms with Crippen LogP contribution < -0.4 is 10.6 Å². The maximum atomic E-state index is 12.0. The average molecular weight is 430 g/mol. The van der Waals surface area contributed by atoms with Crippen molar-refractivity contribution >= 4 is 35.1 Å². The fourth-order valence-electron chi connectivity index (χ4n) is 2.57. The van der Waals surface area contributed by atoms with Crippen LogP contribution in [0.2, 0.25) is 5.02 Å². The molecule has 1 aliphatic rings. The second kappa shape index (κ2) is 13.9. The van der Waals surface area contributed by atoms with Crippen molar-refractivity contribution < 1.29 is 29.3 Å². The summed E-state index contributed by atoms with van der Waals surface area (Å²) in [4.78, 5) is 32.6. The average Bonchev–Trinajstić information content (AvgIpc) is 2.68. The molecule has 0 spiro atoms. The number of rotatable bonds is 8. The number of anilines is 1. The standard InChI is InChI=1S/C17H26ClN3O2.C2H2O4/c1-14(19-7-2-8-21-9-11-23-12-10-21)13-17(22)20-16-5-3-15(18)4-6-16;3-1(4)2(5)6/h3-6,14,19H,2,7-13H2,1H3,(H,20,22);(H,3,4)(H,5,6). The van der Waals surface area contributed by atoms with Crippen LogP contribution in [0.5, 0.6) is 0 Å². The molecule has 0 aromatic heterocycles. The topological polar surface area (TPSA) is 128 Å². The second-order valence-corrected chi connectivity index (χ2v) is 6.97. The van der Waals surface area contributed by atoms with Crippen molar-refractivity contribution in [1.29, 1.82) is 0 Å². The van der Waals surface area contributed by atoms with E-state index in [0.717, 1.165) is 51.5 Å². The van der Waals surface area contributed by atoms with Gasteiger partial charge in [0.2, 0.25) is 5.91 Å².